The van der Waals surface area contributed by atoms with E-state index in [2.05, 4.69) is 10.4 Å². The van der Waals surface area contributed by atoms with E-state index in [1.165, 1.54) is 48.5 Å². The van der Waals surface area contributed by atoms with E-state index in [9.17, 15) is 26.4 Å². The monoisotopic (exact) mass is 443 g/mol. The van der Waals surface area contributed by atoms with Crippen molar-refractivity contribution in [3.05, 3.63) is 71.0 Å². The zero-order chi connectivity index (χ0) is 21.4. The van der Waals surface area contributed by atoms with E-state index >= 15 is 0 Å². The Bertz CT molecular complexity index is 1160. The van der Waals surface area contributed by atoms with Crippen molar-refractivity contribution in [1.29, 1.82) is 0 Å². The first-order valence-corrected chi connectivity index (χ1v) is 10.3. The van der Waals surface area contributed by atoms with Crippen molar-refractivity contribution in [2.45, 2.75) is 11.1 Å². The summed E-state index contributed by atoms with van der Waals surface area (Å²) in [5, 5.41) is 6.36. The summed E-state index contributed by atoms with van der Waals surface area (Å²) in [4.78, 5) is 12.5. The van der Waals surface area contributed by atoms with Gasteiger partial charge in [-0.25, -0.2) is 13.1 Å². The van der Waals surface area contributed by atoms with Gasteiger partial charge in [-0.3, -0.25) is 4.79 Å². The fourth-order valence-electron chi connectivity index (χ4n) is 2.55. The highest BCUT2D eigenvalue weighted by atomic mass is 35.5. The van der Waals surface area contributed by atoms with Crippen molar-refractivity contribution in [2.24, 2.45) is 0 Å². The maximum atomic E-state index is 13.7. The second kappa shape index (κ2) is 7.53. The molecule has 11 heteroatoms. The van der Waals surface area contributed by atoms with E-state index in [1.807, 2.05) is 0 Å². The maximum absolute atomic E-state index is 13.7. The van der Waals surface area contributed by atoms with Crippen molar-refractivity contribution in [2.75, 3.05) is 11.6 Å². The van der Waals surface area contributed by atoms with Crippen molar-refractivity contribution < 1.29 is 26.4 Å². The van der Waals surface area contributed by atoms with Crippen molar-refractivity contribution in [3.63, 3.8) is 0 Å². The zero-order valence-electron chi connectivity index (χ0n) is 14.7. The second-order valence-corrected chi connectivity index (χ2v) is 8.50. The van der Waals surface area contributed by atoms with Crippen LogP contribution in [-0.4, -0.2) is 30.4 Å². The molecule has 0 aliphatic carbocycles. The topological polar surface area (TPSA) is 81.1 Å². The van der Waals surface area contributed by atoms with Crippen LogP contribution in [0.15, 0.2) is 59.6 Å². The zero-order valence-corrected chi connectivity index (χ0v) is 16.3. The molecule has 0 spiro atoms. The van der Waals surface area contributed by atoms with Crippen molar-refractivity contribution in [3.8, 4) is 5.69 Å². The number of alkyl halides is 3. The molecule has 0 unspecified atom stereocenters. The fraction of sp³-hybridized carbons (Fsp3) is 0.111. The number of aromatic nitrogens is 2. The molecule has 3 rings (SSSR count). The van der Waals surface area contributed by atoms with Crippen molar-refractivity contribution in [1.82, 2.24) is 9.78 Å². The summed E-state index contributed by atoms with van der Waals surface area (Å²) >= 11 is 5.76. The molecule has 3 aromatic rings. The highest BCUT2D eigenvalue weighted by Crippen LogP contribution is 2.34. The summed E-state index contributed by atoms with van der Waals surface area (Å²) in [5.74, 6) is -1.04. The van der Waals surface area contributed by atoms with Crippen LogP contribution in [0.4, 0.5) is 18.9 Å². The van der Waals surface area contributed by atoms with Gasteiger partial charge in [-0.1, -0.05) is 11.6 Å². The predicted molar refractivity (Wildman–Crippen MR) is 101 cm³/mol. The third-order valence-corrected chi connectivity index (χ3v) is 5.27. The van der Waals surface area contributed by atoms with Gasteiger partial charge in [0.1, 0.15) is 0 Å². The number of nitrogens with zero attached hydrogens (tertiary/aromatic N) is 2. The Labute approximate surface area is 168 Å². The molecule has 2 aromatic carbocycles. The Kier molecular flexibility index (Phi) is 5.42. The lowest BCUT2D eigenvalue weighted by molar-refractivity contribution is -0.143. The number of anilines is 1. The first kappa shape index (κ1) is 20.9. The van der Waals surface area contributed by atoms with Gasteiger partial charge >= 0.3 is 6.18 Å². The number of amides is 1. The van der Waals surface area contributed by atoms with Crippen LogP contribution in [0.5, 0.6) is 0 Å². The Morgan fingerprint density at radius 3 is 2.17 bits per heavy atom. The standard InChI is InChI=1S/C18H13ClF3N3O3S/c1-29(27,28)14-8-4-12(5-9-14)24-17(26)15-10-23-25(16(15)18(20,21)22)13-6-2-11(19)3-7-13/h2-10H,1H3,(H,24,26). The molecule has 1 heterocycles. The molecule has 0 atom stereocenters. The van der Waals surface area contributed by atoms with Gasteiger partial charge in [-0.05, 0) is 48.5 Å². The number of hydrogen-bond donors (Lipinski definition) is 1. The molecule has 0 radical (unpaired) electrons. The molecule has 152 valence electrons. The molecule has 0 saturated carbocycles. The molecule has 0 saturated heterocycles. The first-order valence-electron chi connectivity index (χ1n) is 7.99. The number of sulfone groups is 1. The molecule has 0 aliphatic rings. The van der Waals surface area contributed by atoms with Crippen LogP contribution in [0.25, 0.3) is 5.69 Å². The Balaban J connectivity index is 1.96. The lowest BCUT2D eigenvalue weighted by Crippen LogP contribution is -2.20. The lowest BCUT2D eigenvalue weighted by Gasteiger charge is -2.13. The van der Waals surface area contributed by atoms with Crippen LogP contribution in [-0.2, 0) is 16.0 Å². The number of carbonyl (C=O) groups excluding carboxylic acids is 1. The number of carbonyl (C=O) groups is 1. The van der Waals surface area contributed by atoms with E-state index in [4.69, 9.17) is 11.6 Å². The van der Waals surface area contributed by atoms with Gasteiger partial charge in [0, 0.05) is 17.0 Å². The fourth-order valence-corrected chi connectivity index (χ4v) is 3.31. The van der Waals surface area contributed by atoms with E-state index in [-0.39, 0.29) is 16.3 Å². The summed E-state index contributed by atoms with van der Waals surface area (Å²) in [7, 11) is -3.44. The molecule has 0 bridgehead atoms. The van der Waals surface area contributed by atoms with Crippen LogP contribution in [0, 0.1) is 0 Å². The molecular weight excluding hydrogens is 431 g/mol. The number of halogens is 4. The summed E-state index contributed by atoms with van der Waals surface area (Å²) in [6.45, 7) is 0. The summed E-state index contributed by atoms with van der Waals surface area (Å²) in [6, 6.07) is 10.5. The molecule has 6 nitrogen and oxygen atoms in total. The summed E-state index contributed by atoms with van der Waals surface area (Å²) < 4.78 is 64.5. The minimum Gasteiger partial charge on any atom is -0.322 e. The predicted octanol–water partition coefficient (Wildman–Crippen LogP) is 4.20. The van der Waals surface area contributed by atoms with Gasteiger partial charge in [0.05, 0.1) is 22.3 Å². The first-order chi connectivity index (χ1) is 13.5. The largest absolute Gasteiger partial charge is 0.434 e. The Morgan fingerprint density at radius 2 is 1.66 bits per heavy atom. The average molecular weight is 444 g/mol. The van der Waals surface area contributed by atoms with Gasteiger partial charge in [0.25, 0.3) is 5.91 Å². The van der Waals surface area contributed by atoms with Crippen LogP contribution in [0.2, 0.25) is 5.02 Å². The van der Waals surface area contributed by atoms with E-state index < -0.39 is 33.2 Å². The van der Waals surface area contributed by atoms with Gasteiger partial charge < -0.3 is 5.32 Å². The molecule has 0 fully saturated rings. The van der Waals surface area contributed by atoms with Crippen molar-refractivity contribution >= 4 is 33.0 Å². The third kappa shape index (κ3) is 4.60. The van der Waals surface area contributed by atoms with E-state index in [0.717, 1.165) is 12.5 Å². The maximum Gasteiger partial charge on any atom is 0.434 e. The van der Waals surface area contributed by atoms with E-state index in [1.54, 1.807) is 0 Å². The summed E-state index contributed by atoms with van der Waals surface area (Å²) in [6.07, 6.45) is -3.03. The molecule has 1 N–H and O–H groups in total. The van der Waals surface area contributed by atoms with Gasteiger partial charge in [0.2, 0.25) is 0 Å². The molecule has 1 aromatic heterocycles. The van der Waals surface area contributed by atoms with Gasteiger partial charge in [0.15, 0.2) is 15.5 Å². The second-order valence-electron chi connectivity index (χ2n) is 6.04. The molecule has 1 amide bonds. The normalized spacial score (nSPS) is 12.0. The Morgan fingerprint density at radius 1 is 1.07 bits per heavy atom. The smallest absolute Gasteiger partial charge is 0.322 e. The SMILES string of the molecule is CS(=O)(=O)c1ccc(NC(=O)c2cnn(-c3ccc(Cl)cc3)c2C(F)(F)F)cc1. The van der Waals surface area contributed by atoms with Crippen LogP contribution in [0.3, 0.4) is 0 Å². The number of benzene rings is 2. The number of rotatable bonds is 4. The number of hydrogen-bond acceptors (Lipinski definition) is 4. The molecule has 0 aliphatic heterocycles. The quantitative estimate of drug-likeness (QED) is 0.655. The molecule has 29 heavy (non-hydrogen) atoms. The Hall–Kier alpha value is -2.85. The minimum atomic E-state index is -4.86. The molecular formula is C18H13ClF3N3O3S. The van der Waals surface area contributed by atoms with Crippen LogP contribution >= 0.6 is 11.6 Å². The van der Waals surface area contributed by atoms with Crippen LogP contribution < -0.4 is 5.32 Å². The van der Waals surface area contributed by atoms with E-state index in [0.29, 0.717) is 9.70 Å². The summed E-state index contributed by atoms with van der Waals surface area (Å²) in [5.41, 5.74) is -1.71. The highest BCUT2D eigenvalue weighted by Gasteiger charge is 2.40. The van der Waals surface area contributed by atoms with Gasteiger partial charge in [-0.2, -0.15) is 18.3 Å². The van der Waals surface area contributed by atoms with Crippen LogP contribution in [0.1, 0.15) is 16.1 Å². The number of nitrogens with one attached hydrogen (secondary N) is 1. The van der Waals surface area contributed by atoms with Gasteiger partial charge in [-0.15, -0.1) is 0 Å². The third-order valence-electron chi connectivity index (χ3n) is 3.89. The average Bonchev–Trinajstić information content (AvgIpc) is 3.08. The highest BCUT2D eigenvalue weighted by molar-refractivity contribution is 7.90. The lowest BCUT2D eigenvalue weighted by atomic mass is 10.2. The minimum absolute atomic E-state index is 0.0158.